The molecule has 0 aliphatic carbocycles. The number of imidazole rings is 1. The van der Waals surface area contributed by atoms with E-state index in [1.165, 1.54) is 0 Å². The van der Waals surface area contributed by atoms with E-state index < -0.39 is 0 Å². The number of hydrogen-bond donors (Lipinski definition) is 1. The van der Waals surface area contributed by atoms with Gasteiger partial charge in [-0.15, -0.1) is 0 Å². The number of ether oxygens (including phenoxy) is 2. The molecule has 1 amide bonds. The van der Waals surface area contributed by atoms with Crippen LogP contribution in [0.5, 0.6) is 11.5 Å². The van der Waals surface area contributed by atoms with Crippen molar-refractivity contribution in [1.82, 2.24) is 14.9 Å². The second kappa shape index (κ2) is 5.61. The van der Waals surface area contributed by atoms with E-state index in [0.717, 1.165) is 30.9 Å². The van der Waals surface area contributed by atoms with Crippen LogP contribution in [-0.2, 0) is 13.0 Å². The highest BCUT2D eigenvalue weighted by molar-refractivity contribution is 5.95. The van der Waals surface area contributed by atoms with Crippen LogP contribution in [0.1, 0.15) is 28.3 Å². The number of carbonyl (C=O) groups excluding carboxylic acids is 1. The molecule has 0 saturated heterocycles. The molecule has 0 spiro atoms. The molecule has 0 bridgehead atoms. The van der Waals surface area contributed by atoms with Crippen molar-refractivity contribution in [2.75, 3.05) is 13.2 Å². The average Bonchev–Trinajstić information content (AvgIpc) is 2.93. The first kappa shape index (κ1) is 14.1. The lowest BCUT2D eigenvalue weighted by atomic mass is 10.1. The largest absolute Gasteiger partial charge is 0.486 e. The van der Waals surface area contributed by atoms with Crippen molar-refractivity contribution in [3.63, 3.8) is 0 Å². The van der Waals surface area contributed by atoms with Crippen molar-refractivity contribution >= 4 is 5.91 Å². The highest BCUT2D eigenvalue weighted by Crippen LogP contribution is 2.30. The van der Waals surface area contributed by atoms with Crippen LogP contribution < -0.4 is 14.8 Å². The van der Waals surface area contributed by atoms with Gasteiger partial charge >= 0.3 is 0 Å². The molecule has 2 aliphatic rings. The predicted molar refractivity (Wildman–Crippen MR) is 84.0 cm³/mol. The number of nitrogens with zero attached hydrogens (tertiary/aromatic N) is 2. The topological polar surface area (TPSA) is 65.4 Å². The lowest BCUT2D eigenvalue weighted by molar-refractivity contribution is 0.0926. The van der Waals surface area contributed by atoms with Crippen molar-refractivity contribution in [2.24, 2.45) is 0 Å². The van der Waals surface area contributed by atoms with Crippen molar-refractivity contribution in [2.45, 2.75) is 32.4 Å². The lowest BCUT2D eigenvalue weighted by Gasteiger charge is -2.25. The summed E-state index contributed by atoms with van der Waals surface area (Å²) in [6.45, 7) is 3.83. The van der Waals surface area contributed by atoms with Crippen LogP contribution in [0.4, 0.5) is 0 Å². The van der Waals surface area contributed by atoms with E-state index in [0.29, 0.717) is 30.3 Å². The maximum atomic E-state index is 12.5. The van der Waals surface area contributed by atoms with Crippen molar-refractivity contribution in [3.8, 4) is 11.5 Å². The number of carbonyl (C=O) groups is 1. The Morgan fingerprint density at radius 2 is 2.13 bits per heavy atom. The fraction of sp³-hybridized carbons (Fsp3) is 0.412. The molecule has 1 aromatic carbocycles. The molecular formula is C17H19N3O3. The third-order valence-corrected chi connectivity index (χ3v) is 4.25. The van der Waals surface area contributed by atoms with Crippen molar-refractivity contribution in [3.05, 3.63) is 41.5 Å². The maximum Gasteiger partial charge on any atom is 0.251 e. The van der Waals surface area contributed by atoms with Gasteiger partial charge in [0.25, 0.3) is 5.91 Å². The van der Waals surface area contributed by atoms with Gasteiger partial charge in [-0.2, -0.15) is 0 Å². The molecule has 1 atom stereocenters. The Kier molecular flexibility index (Phi) is 3.44. The molecule has 3 heterocycles. The molecule has 0 fully saturated rings. The minimum absolute atomic E-state index is 0.0766. The molecule has 6 nitrogen and oxygen atoms in total. The molecule has 23 heavy (non-hydrogen) atoms. The summed E-state index contributed by atoms with van der Waals surface area (Å²) in [5, 5.41) is 3.11. The number of amides is 1. The molecule has 120 valence electrons. The number of hydrogen-bond acceptors (Lipinski definition) is 4. The smallest absolute Gasteiger partial charge is 0.251 e. The van der Waals surface area contributed by atoms with Gasteiger partial charge in [-0.1, -0.05) is 0 Å². The van der Waals surface area contributed by atoms with Gasteiger partial charge in [-0.3, -0.25) is 4.79 Å². The molecule has 4 rings (SSSR count). The zero-order chi connectivity index (χ0) is 15.8. The Hall–Kier alpha value is -2.50. The zero-order valence-corrected chi connectivity index (χ0v) is 13.0. The monoisotopic (exact) mass is 313 g/mol. The summed E-state index contributed by atoms with van der Waals surface area (Å²) in [4.78, 5) is 17.0. The van der Waals surface area contributed by atoms with Gasteiger partial charge in [0, 0.05) is 30.8 Å². The molecule has 0 radical (unpaired) electrons. The van der Waals surface area contributed by atoms with Gasteiger partial charge in [0.2, 0.25) is 0 Å². The summed E-state index contributed by atoms with van der Waals surface area (Å²) in [5.74, 6) is 2.36. The molecule has 0 unspecified atom stereocenters. The third-order valence-electron chi connectivity index (χ3n) is 4.25. The Morgan fingerprint density at radius 3 is 3.00 bits per heavy atom. The van der Waals surface area contributed by atoms with Gasteiger partial charge in [-0.05, 0) is 31.5 Å². The van der Waals surface area contributed by atoms with Gasteiger partial charge in [0.1, 0.15) is 19.0 Å². The summed E-state index contributed by atoms with van der Waals surface area (Å²) < 4.78 is 13.2. The Balaban J connectivity index is 1.46. The first-order valence-electron chi connectivity index (χ1n) is 7.92. The lowest BCUT2D eigenvalue weighted by Crippen LogP contribution is -2.40. The molecule has 2 aliphatic heterocycles. The van der Waals surface area contributed by atoms with E-state index in [1.54, 1.807) is 18.2 Å². The Bertz CT molecular complexity index is 754. The van der Waals surface area contributed by atoms with Gasteiger partial charge in [-0.25, -0.2) is 4.98 Å². The van der Waals surface area contributed by atoms with E-state index in [-0.39, 0.29) is 11.9 Å². The SMILES string of the molecule is Cc1cn2c(n1)CC[C@@H](NC(=O)c1ccc3c(c1)OCCO3)C2. The van der Waals surface area contributed by atoms with Crippen LogP contribution in [0.25, 0.3) is 0 Å². The number of aromatic nitrogens is 2. The van der Waals surface area contributed by atoms with Crippen LogP contribution in [0.3, 0.4) is 0 Å². The van der Waals surface area contributed by atoms with E-state index in [4.69, 9.17) is 9.47 Å². The molecule has 1 N–H and O–H groups in total. The minimum atomic E-state index is -0.0766. The zero-order valence-electron chi connectivity index (χ0n) is 13.0. The van der Waals surface area contributed by atoms with Crippen LogP contribution in [0, 0.1) is 6.92 Å². The molecule has 6 heteroatoms. The van der Waals surface area contributed by atoms with Crippen LogP contribution in [0.2, 0.25) is 0 Å². The number of rotatable bonds is 2. The third kappa shape index (κ3) is 2.76. The predicted octanol–water partition coefficient (Wildman–Crippen LogP) is 1.71. The van der Waals surface area contributed by atoms with Gasteiger partial charge in [0.15, 0.2) is 11.5 Å². The second-order valence-electron chi connectivity index (χ2n) is 6.02. The van der Waals surface area contributed by atoms with Crippen LogP contribution in [0.15, 0.2) is 24.4 Å². The summed E-state index contributed by atoms with van der Waals surface area (Å²) in [5.41, 5.74) is 1.63. The van der Waals surface area contributed by atoms with Gasteiger partial charge in [0.05, 0.1) is 5.69 Å². The fourth-order valence-electron chi connectivity index (χ4n) is 3.16. The minimum Gasteiger partial charge on any atom is -0.486 e. The summed E-state index contributed by atoms with van der Waals surface area (Å²) in [6.07, 6.45) is 3.84. The van der Waals surface area contributed by atoms with E-state index in [1.807, 2.05) is 13.1 Å². The van der Waals surface area contributed by atoms with E-state index in [2.05, 4.69) is 14.9 Å². The first-order valence-corrected chi connectivity index (χ1v) is 7.92. The highest BCUT2D eigenvalue weighted by atomic mass is 16.6. The fourth-order valence-corrected chi connectivity index (χ4v) is 3.16. The number of nitrogens with one attached hydrogen (secondary N) is 1. The van der Waals surface area contributed by atoms with Crippen LogP contribution in [-0.4, -0.2) is 34.7 Å². The summed E-state index contributed by atoms with van der Waals surface area (Å²) >= 11 is 0. The standard InChI is InChI=1S/C17H19N3O3/c1-11-9-20-10-13(3-5-16(20)18-11)19-17(21)12-2-4-14-15(8-12)23-7-6-22-14/h2,4,8-9,13H,3,5-7,10H2,1H3,(H,19,21)/t13-/m1/s1. The number of benzene rings is 1. The Morgan fingerprint density at radius 1 is 1.30 bits per heavy atom. The normalized spacial score (nSPS) is 19.1. The molecule has 0 saturated carbocycles. The average molecular weight is 313 g/mol. The quantitative estimate of drug-likeness (QED) is 0.916. The van der Waals surface area contributed by atoms with E-state index >= 15 is 0 Å². The molecular weight excluding hydrogens is 294 g/mol. The maximum absolute atomic E-state index is 12.5. The number of aryl methyl sites for hydroxylation is 2. The van der Waals surface area contributed by atoms with Crippen LogP contribution >= 0.6 is 0 Å². The van der Waals surface area contributed by atoms with Crippen molar-refractivity contribution in [1.29, 1.82) is 0 Å². The number of fused-ring (bicyclic) bond motifs is 2. The summed E-state index contributed by atoms with van der Waals surface area (Å²) in [7, 11) is 0. The molecule has 1 aromatic heterocycles. The van der Waals surface area contributed by atoms with Crippen molar-refractivity contribution < 1.29 is 14.3 Å². The van der Waals surface area contributed by atoms with Gasteiger partial charge < -0.3 is 19.4 Å². The molecule has 2 aromatic rings. The second-order valence-corrected chi connectivity index (χ2v) is 6.02. The summed E-state index contributed by atoms with van der Waals surface area (Å²) in [6, 6.07) is 5.44. The Labute approximate surface area is 134 Å². The van der Waals surface area contributed by atoms with E-state index in [9.17, 15) is 4.79 Å². The first-order chi connectivity index (χ1) is 11.2. The highest BCUT2D eigenvalue weighted by Gasteiger charge is 2.22.